The Morgan fingerprint density at radius 1 is 1.26 bits per heavy atom. The summed E-state index contributed by atoms with van der Waals surface area (Å²) in [5, 5.41) is 21.2. The van der Waals surface area contributed by atoms with Crippen molar-refractivity contribution in [3.8, 4) is 23.4 Å². The van der Waals surface area contributed by atoms with E-state index in [-0.39, 0.29) is 36.1 Å². The van der Waals surface area contributed by atoms with Gasteiger partial charge in [0.05, 0.1) is 41.0 Å². The number of nitriles is 2. The van der Waals surface area contributed by atoms with Gasteiger partial charge in [0.2, 0.25) is 5.91 Å². The molecule has 0 aliphatic heterocycles. The van der Waals surface area contributed by atoms with Crippen molar-refractivity contribution in [2.45, 2.75) is 45.6 Å². The molecule has 4 rings (SSSR count). The Bertz CT molecular complexity index is 1220. The molecular weight excluding hydrogens is 394 g/mol. The number of aryl methyl sites for hydroxylation is 1. The molecule has 8 nitrogen and oxygen atoms in total. The predicted octanol–water partition coefficient (Wildman–Crippen LogP) is 2.70. The third kappa shape index (κ3) is 4.39. The van der Waals surface area contributed by atoms with E-state index in [1.165, 1.54) is 10.6 Å². The van der Waals surface area contributed by atoms with Crippen LogP contribution in [0, 0.1) is 40.9 Å². The van der Waals surface area contributed by atoms with E-state index in [0.29, 0.717) is 41.2 Å². The average Bonchev–Trinajstić information content (AvgIpc) is 3.65. The number of hydrogen-bond donors (Lipinski definition) is 1. The molecule has 8 heteroatoms. The molecule has 31 heavy (non-hydrogen) atoms. The third-order valence-corrected chi connectivity index (χ3v) is 5.79. The molecule has 156 valence electrons. The highest BCUT2D eigenvalue weighted by molar-refractivity contribution is 5.97. The maximum Gasteiger partial charge on any atom is 0.254 e. The molecule has 1 aromatic carbocycles. The van der Waals surface area contributed by atoms with Crippen LogP contribution in [-0.2, 0) is 16.1 Å². The van der Waals surface area contributed by atoms with Crippen molar-refractivity contribution in [1.29, 1.82) is 10.5 Å². The fourth-order valence-electron chi connectivity index (χ4n) is 3.56. The summed E-state index contributed by atoms with van der Waals surface area (Å²) in [6.45, 7) is 1.52. The lowest BCUT2D eigenvalue weighted by Gasteiger charge is -2.14. The van der Waals surface area contributed by atoms with Gasteiger partial charge in [-0.15, -0.1) is 0 Å². The van der Waals surface area contributed by atoms with Gasteiger partial charge in [0, 0.05) is 24.0 Å². The van der Waals surface area contributed by atoms with Crippen LogP contribution in [0.2, 0.25) is 0 Å². The van der Waals surface area contributed by atoms with Gasteiger partial charge in [0.25, 0.3) is 5.56 Å². The summed E-state index contributed by atoms with van der Waals surface area (Å²) in [6, 6.07) is 10.4. The Labute approximate surface area is 179 Å². The number of aromatic nitrogens is 2. The molecule has 0 saturated heterocycles. The summed E-state index contributed by atoms with van der Waals surface area (Å²) in [6.07, 6.45) is 3.26. The number of amides is 1. The molecule has 1 heterocycles. The Morgan fingerprint density at radius 2 is 2.00 bits per heavy atom. The minimum atomic E-state index is -0.556. The Balaban J connectivity index is 1.62. The van der Waals surface area contributed by atoms with E-state index in [2.05, 4.69) is 16.4 Å². The molecule has 0 spiro atoms. The SMILES string of the molecule is Cc1nc(-c2ccc(C#N)cc2NC(=O)C2CC2)cc(=O)n1CC(=O)CC1(C#N)CC1. The number of nitrogens with one attached hydrogen (secondary N) is 1. The number of rotatable bonds is 7. The molecule has 0 bridgehead atoms. The van der Waals surface area contributed by atoms with Crippen LogP contribution in [0.3, 0.4) is 0 Å². The summed E-state index contributed by atoms with van der Waals surface area (Å²) >= 11 is 0. The molecule has 1 N–H and O–H groups in total. The lowest BCUT2D eigenvalue weighted by atomic mass is 10.0. The first-order chi connectivity index (χ1) is 14.8. The molecule has 0 atom stereocenters. The lowest BCUT2D eigenvalue weighted by molar-refractivity contribution is -0.120. The van der Waals surface area contributed by atoms with E-state index >= 15 is 0 Å². The second-order valence-electron chi connectivity index (χ2n) is 8.36. The second kappa shape index (κ2) is 7.81. The molecule has 1 aromatic heterocycles. The zero-order chi connectivity index (χ0) is 22.2. The van der Waals surface area contributed by atoms with E-state index in [9.17, 15) is 24.9 Å². The summed E-state index contributed by atoms with van der Waals surface area (Å²) in [7, 11) is 0. The van der Waals surface area contributed by atoms with Crippen LogP contribution in [-0.4, -0.2) is 21.2 Å². The van der Waals surface area contributed by atoms with Gasteiger partial charge < -0.3 is 5.32 Å². The Kier molecular flexibility index (Phi) is 5.16. The van der Waals surface area contributed by atoms with Crippen molar-refractivity contribution < 1.29 is 9.59 Å². The van der Waals surface area contributed by atoms with Gasteiger partial charge in [0.15, 0.2) is 5.78 Å². The van der Waals surface area contributed by atoms with Crippen LogP contribution in [0.25, 0.3) is 11.3 Å². The summed E-state index contributed by atoms with van der Waals surface area (Å²) < 4.78 is 1.30. The monoisotopic (exact) mass is 415 g/mol. The highest BCUT2D eigenvalue weighted by atomic mass is 16.2. The Morgan fingerprint density at radius 3 is 2.58 bits per heavy atom. The predicted molar refractivity (Wildman–Crippen MR) is 112 cm³/mol. The number of carbonyl (C=O) groups is 2. The molecule has 2 aromatic rings. The third-order valence-electron chi connectivity index (χ3n) is 5.79. The number of hydrogen-bond acceptors (Lipinski definition) is 6. The number of Topliss-reactive ketones (excluding diaryl/α,β-unsaturated/α-hetero) is 1. The quantitative estimate of drug-likeness (QED) is 0.740. The van der Waals surface area contributed by atoms with Crippen LogP contribution in [0.4, 0.5) is 5.69 Å². The van der Waals surface area contributed by atoms with Crippen molar-refractivity contribution in [1.82, 2.24) is 9.55 Å². The first-order valence-corrected chi connectivity index (χ1v) is 10.2. The highest BCUT2D eigenvalue weighted by Crippen LogP contribution is 2.48. The molecule has 2 saturated carbocycles. The van der Waals surface area contributed by atoms with E-state index < -0.39 is 5.41 Å². The fourth-order valence-corrected chi connectivity index (χ4v) is 3.56. The second-order valence-corrected chi connectivity index (χ2v) is 8.36. The average molecular weight is 415 g/mol. The highest BCUT2D eigenvalue weighted by Gasteiger charge is 2.44. The van der Waals surface area contributed by atoms with Gasteiger partial charge in [-0.05, 0) is 50.8 Å². The first-order valence-electron chi connectivity index (χ1n) is 10.2. The van der Waals surface area contributed by atoms with Gasteiger partial charge in [-0.1, -0.05) is 0 Å². The van der Waals surface area contributed by atoms with Crippen LogP contribution in [0.1, 0.15) is 43.5 Å². The number of benzene rings is 1. The molecule has 2 aliphatic rings. The van der Waals surface area contributed by atoms with Crippen molar-refractivity contribution in [2.75, 3.05) is 5.32 Å². The number of carbonyl (C=O) groups excluding carboxylic acids is 2. The van der Waals surface area contributed by atoms with Crippen molar-refractivity contribution >= 4 is 17.4 Å². The largest absolute Gasteiger partial charge is 0.325 e. The van der Waals surface area contributed by atoms with Gasteiger partial charge in [-0.25, -0.2) is 4.98 Å². The van der Waals surface area contributed by atoms with Crippen molar-refractivity contribution in [3.63, 3.8) is 0 Å². The molecule has 0 unspecified atom stereocenters. The summed E-state index contributed by atoms with van der Waals surface area (Å²) in [4.78, 5) is 41.9. The van der Waals surface area contributed by atoms with Gasteiger partial charge >= 0.3 is 0 Å². The minimum absolute atomic E-state index is 0.0181. The van der Waals surface area contributed by atoms with Crippen LogP contribution >= 0.6 is 0 Å². The molecule has 0 radical (unpaired) electrons. The standard InChI is InChI=1S/C23H21N5O3/c1-14-26-20(9-21(30)28(14)12-17(29)10-23(13-25)6-7-23)18-5-2-15(11-24)8-19(18)27-22(31)16-3-4-16/h2,5,8-9,16H,3-4,6-7,10,12H2,1H3,(H,27,31). The van der Waals surface area contributed by atoms with E-state index in [1.807, 2.05) is 6.07 Å². The van der Waals surface area contributed by atoms with Crippen molar-refractivity contribution in [3.05, 3.63) is 46.0 Å². The van der Waals surface area contributed by atoms with Crippen LogP contribution in [0.15, 0.2) is 29.1 Å². The summed E-state index contributed by atoms with van der Waals surface area (Å²) in [5.41, 5.74) is 0.767. The van der Waals surface area contributed by atoms with Gasteiger partial charge in [-0.3, -0.25) is 19.0 Å². The topological polar surface area (TPSA) is 129 Å². The van der Waals surface area contributed by atoms with Gasteiger partial charge in [-0.2, -0.15) is 10.5 Å². The van der Waals surface area contributed by atoms with Gasteiger partial charge in [0.1, 0.15) is 5.82 Å². The fraction of sp³-hybridized carbons (Fsp3) is 0.391. The first kappa shape index (κ1) is 20.5. The zero-order valence-electron chi connectivity index (χ0n) is 17.1. The Hall–Kier alpha value is -3.78. The maximum absolute atomic E-state index is 12.8. The number of anilines is 1. The van der Waals surface area contributed by atoms with Crippen molar-refractivity contribution in [2.24, 2.45) is 11.3 Å². The van der Waals surface area contributed by atoms with E-state index in [4.69, 9.17) is 0 Å². The molecule has 2 fully saturated rings. The number of nitrogens with zero attached hydrogens (tertiary/aromatic N) is 4. The molecular formula is C23H21N5O3. The smallest absolute Gasteiger partial charge is 0.254 e. The van der Waals surface area contributed by atoms with E-state index in [0.717, 1.165) is 12.8 Å². The van der Waals surface area contributed by atoms with E-state index in [1.54, 1.807) is 25.1 Å². The number of ketones is 1. The zero-order valence-corrected chi connectivity index (χ0v) is 17.1. The molecule has 1 amide bonds. The summed E-state index contributed by atoms with van der Waals surface area (Å²) in [5.74, 6) is 0.0602. The minimum Gasteiger partial charge on any atom is -0.325 e. The maximum atomic E-state index is 12.8. The lowest BCUT2D eigenvalue weighted by Crippen LogP contribution is -2.28. The van der Waals surface area contributed by atoms with Crippen LogP contribution in [0.5, 0.6) is 0 Å². The molecule has 2 aliphatic carbocycles. The normalized spacial score (nSPS) is 16.1. The van der Waals surface area contributed by atoms with Crippen LogP contribution < -0.4 is 10.9 Å².